The number of benzene rings is 1. The molecular weight excluding hydrogens is 323 g/mol. The molecule has 1 amide bonds. The van der Waals surface area contributed by atoms with Crippen molar-refractivity contribution in [2.24, 2.45) is 0 Å². The van der Waals surface area contributed by atoms with Crippen LogP contribution in [0.5, 0.6) is 0 Å². The van der Waals surface area contributed by atoms with E-state index in [0.717, 1.165) is 32.4 Å². The monoisotopic (exact) mass is 344 g/mol. The van der Waals surface area contributed by atoms with Crippen molar-refractivity contribution in [3.8, 4) is 0 Å². The predicted molar refractivity (Wildman–Crippen MR) is 94.3 cm³/mol. The fraction of sp³-hybridized carbons (Fsp3) is 0.389. The molecule has 0 aliphatic carbocycles. The fourth-order valence-electron chi connectivity index (χ4n) is 3.00. The Hall–Kier alpha value is -2.70. The Bertz CT molecular complexity index is 828. The molecule has 1 N–H and O–H groups in total. The molecule has 132 valence electrons. The van der Waals surface area contributed by atoms with Crippen LogP contribution in [0.3, 0.4) is 0 Å². The number of hydrogen-bond donors (Lipinski definition) is 1. The summed E-state index contributed by atoms with van der Waals surface area (Å²) in [6.45, 7) is 3.25. The van der Waals surface area contributed by atoms with Crippen LogP contribution in [0.15, 0.2) is 35.1 Å². The van der Waals surface area contributed by atoms with Gasteiger partial charge >= 0.3 is 0 Å². The van der Waals surface area contributed by atoms with Crippen LogP contribution in [0.4, 0.5) is 16.0 Å². The van der Waals surface area contributed by atoms with Gasteiger partial charge in [0, 0.05) is 30.5 Å². The Morgan fingerprint density at radius 1 is 1.24 bits per heavy atom. The molecule has 2 heterocycles. The van der Waals surface area contributed by atoms with Gasteiger partial charge < -0.3 is 10.2 Å². The molecule has 0 saturated carbocycles. The summed E-state index contributed by atoms with van der Waals surface area (Å²) in [5, 5.41) is 2.62. The zero-order chi connectivity index (χ0) is 17.8. The minimum Gasteiger partial charge on any atom is -0.342 e. The molecule has 1 aromatic heterocycles. The number of halogens is 1. The molecular formula is C18H21FN4O2. The van der Waals surface area contributed by atoms with Crippen molar-refractivity contribution in [2.45, 2.75) is 32.7 Å². The molecule has 0 radical (unpaired) electrons. The van der Waals surface area contributed by atoms with E-state index in [4.69, 9.17) is 0 Å². The smallest absolute Gasteiger partial charge is 0.255 e. The summed E-state index contributed by atoms with van der Waals surface area (Å²) in [6.07, 6.45) is 3.24. The van der Waals surface area contributed by atoms with Crippen molar-refractivity contribution < 1.29 is 9.18 Å². The predicted octanol–water partition coefficient (Wildman–Crippen LogP) is 2.32. The summed E-state index contributed by atoms with van der Waals surface area (Å²) < 4.78 is 14.6. The van der Waals surface area contributed by atoms with E-state index in [-0.39, 0.29) is 12.1 Å². The fourth-order valence-corrected chi connectivity index (χ4v) is 3.00. The molecule has 1 fully saturated rings. The number of nitrogens with zero attached hydrogens (tertiary/aromatic N) is 3. The van der Waals surface area contributed by atoms with Crippen LogP contribution in [0, 0.1) is 12.7 Å². The van der Waals surface area contributed by atoms with Gasteiger partial charge in [-0.25, -0.2) is 9.37 Å². The summed E-state index contributed by atoms with van der Waals surface area (Å²) in [5.74, 6) is -0.295. The van der Waals surface area contributed by atoms with E-state index < -0.39 is 11.7 Å². The van der Waals surface area contributed by atoms with Crippen LogP contribution < -0.4 is 15.8 Å². The first kappa shape index (κ1) is 17.1. The summed E-state index contributed by atoms with van der Waals surface area (Å²) >= 11 is 0. The molecule has 0 bridgehead atoms. The number of carbonyl (C=O) groups excluding carboxylic acids is 1. The van der Waals surface area contributed by atoms with Crippen LogP contribution in [-0.2, 0) is 11.3 Å². The Morgan fingerprint density at radius 3 is 2.72 bits per heavy atom. The Labute approximate surface area is 145 Å². The molecule has 6 nitrogen and oxygen atoms in total. The Kier molecular flexibility index (Phi) is 5.11. The number of anilines is 2. The average molecular weight is 344 g/mol. The van der Waals surface area contributed by atoms with Crippen molar-refractivity contribution in [3.63, 3.8) is 0 Å². The van der Waals surface area contributed by atoms with Gasteiger partial charge in [-0.05, 0) is 44.4 Å². The lowest BCUT2D eigenvalue weighted by molar-refractivity contribution is -0.116. The first-order chi connectivity index (χ1) is 12.0. The highest BCUT2D eigenvalue weighted by atomic mass is 19.1. The first-order valence-corrected chi connectivity index (χ1v) is 8.42. The second-order valence-corrected chi connectivity index (χ2v) is 6.23. The van der Waals surface area contributed by atoms with Crippen LogP contribution in [0.1, 0.15) is 25.0 Å². The van der Waals surface area contributed by atoms with Crippen LogP contribution in [-0.4, -0.2) is 28.5 Å². The lowest BCUT2D eigenvalue weighted by Gasteiger charge is -2.29. The van der Waals surface area contributed by atoms with Gasteiger partial charge in [0.25, 0.3) is 5.56 Å². The molecule has 7 heteroatoms. The largest absolute Gasteiger partial charge is 0.342 e. The van der Waals surface area contributed by atoms with E-state index >= 15 is 0 Å². The third-order valence-corrected chi connectivity index (χ3v) is 4.17. The zero-order valence-corrected chi connectivity index (χ0v) is 14.2. The summed E-state index contributed by atoms with van der Waals surface area (Å²) in [5.41, 5.74) is 0.729. The minimum atomic E-state index is -0.430. The number of carbonyl (C=O) groups is 1. The highest BCUT2D eigenvalue weighted by molar-refractivity contribution is 5.90. The summed E-state index contributed by atoms with van der Waals surface area (Å²) in [4.78, 5) is 31.3. The quantitative estimate of drug-likeness (QED) is 0.924. The SMILES string of the molecule is Cc1cc(=O)n(CC(=O)Nc2cccc(F)c2)c(N2CCCCC2)n1. The Balaban J connectivity index is 1.83. The third-order valence-electron chi connectivity index (χ3n) is 4.17. The normalized spacial score (nSPS) is 14.4. The topological polar surface area (TPSA) is 67.2 Å². The van der Waals surface area contributed by atoms with Crippen molar-refractivity contribution >= 4 is 17.5 Å². The van der Waals surface area contributed by atoms with Crippen molar-refractivity contribution in [1.29, 1.82) is 0 Å². The van der Waals surface area contributed by atoms with Gasteiger partial charge in [-0.2, -0.15) is 0 Å². The number of rotatable bonds is 4. The summed E-state index contributed by atoms with van der Waals surface area (Å²) in [7, 11) is 0. The van der Waals surface area contributed by atoms with Crippen LogP contribution >= 0.6 is 0 Å². The van der Waals surface area contributed by atoms with E-state index in [1.807, 2.05) is 4.90 Å². The summed E-state index contributed by atoms with van der Waals surface area (Å²) in [6, 6.07) is 7.08. The van der Waals surface area contributed by atoms with Crippen LogP contribution in [0.2, 0.25) is 0 Å². The van der Waals surface area contributed by atoms with E-state index in [9.17, 15) is 14.0 Å². The standard InChI is InChI=1S/C18H21FN4O2/c1-13-10-17(25)23(18(20-13)22-8-3-2-4-9-22)12-16(24)21-15-7-5-6-14(19)11-15/h5-7,10-11H,2-4,8-9,12H2,1H3,(H,21,24). The second kappa shape index (κ2) is 7.46. The van der Waals surface area contributed by atoms with Gasteiger partial charge in [0.2, 0.25) is 11.9 Å². The minimum absolute atomic E-state index is 0.158. The number of hydrogen-bond acceptors (Lipinski definition) is 4. The van der Waals surface area contributed by atoms with Gasteiger partial charge in [0.05, 0.1) is 0 Å². The maximum absolute atomic E-state index is 13.2. The maximum atomic E-state index is 13.2. The van der Waals surface area contributed by atoms with Gasteiger partial charge in [0.1, 0.15) is 12.4 Å². The highest BCUT2D eigenvalue weighted by Crippen LogP contribution is 2.17. The maximum Gasteiger partial charge on any atom is 0.255 e. The van der Waals surface area contributed by atoms with Crippen molar-refractivity contribution in [1.82, 2.24) is 9.55 Å². The number of piperidine rings is 1. The molecule has 1 saturated heterocycles. The molecule has 1 aliphatic heterocycles. The van der Waals surface area contributed by atoms with Crippen molar-refractivity contribution in [2.75, 3.05) is 23.3 Å². The number of aromatic nitrogens is 2. The number of amides is 1. The first-order valence-electron chi connectivity index (χ1n) is 8.42. The van der Waals surface area contributed by atoms with Gasteiger partial charge in [-0.3, -0.25) is 14.2 Å². The third kappa shape index (κ3) is 4.23. The molecule has 0 unspecified atom stereocenters. The van der Waals surface area contributed by atoms with Crippen LogP contribution in [0.25, 0.3) is 0 Å². The average Bonchev–Trinajstić information content (AvgIpc) is 2.58. The second-order valence-electron chi connectivity index (χ2n) is 6.23. The molecule has 2 aromatic rings. The molecule has 1 aliphatic rings. The van der Waals surface area contributed by atoms with Crippen molar-refractivity contribution in [3.05, 3.63) is 52.2 Å². The van der Waals surface area contributed by atoms with E-state index in [1.165, 1.54) is 28.8 Å². The highest BCUT2D eigenvalue weighted by Gasteiger charge is 2.19. The molecule has 1 aromatic carbocycles. The van der Waals surface area contributed by atoms with E-state index in [1.54, 1.807) is 13.0 Å². The molecule has 3 rings (SSSR count). The Morgan fingerprint density at radius 2 is 2.00 bits per heavy atom. The molecule has 25 heavy (non-hydrogen) atoms. The molecule has 0 atom stereocenters. The lowest BCUT2D eigenvalue weighted by atomic mass is 10.1. The van der Waals surface area contributed by atoms with Gasteiger partial charge in [-0.1, -0.05) is 6.07 Å². The van der Waals surface area contributed by atoms with Gasteiger partial charge in [0.15, 0.2) is 0 Å². The zero-order valence-electron chi connectivity index (χ0n) is 14.2. The van der Waals surface area contributed by atoms with Gasteiger partial charge in [-0.15, -0.1) is 0 Å². The lowest BCUT2D eigenvalue weighted by Crippen LogP contribution is -2.38. The molecule has 0 spiro atoms. The van der Waals surface area contributed by atoms with E-state index in [0.29, 0.717) is 17.3 Å². The van der Waals surface area contributed by atoms with E-state index in [2.05, 4.69) is 10.3 Å². The number of aryl methyl sites for hydroxylation is 1. The number of nitrogens with one attached hydrogen (secondary N) is 1.